The number of carbonyl (C=O) groups excluding carboxylic acids is 2. The van der Waals surface area contributed by atoms with Gasteiger partial charge < -0.3 is 10.6 Å². The van der Waals surface area contributed by atoms with E-state index in [0.717, 1.165) is 12.8 Å². The van der Waals surface area contributed by atoms with Crippen LogP contribution < -0.4 is 16.2 Å². The predicted octanol–water partition coefficient (Wildman–Crippen LogP) is 3.53. The van der Waals surface area contributed by atoms with Gasteiger partial charge >= 0.3 is 0 Å². The average molecular weight is 424 g/mol. The third-order valence-corrected chi connectivity index (χ3v) is 5.35. The van der Waals surface area contributed by atoms with Crippen LogP contribution in [-0.2, 0) is 0 Å². The SMILES string of the molecule is O=C(NC1CC1)c1ccccc1NC(=O)c1nn(-c2ccccc2)c(=O)c2ccccc12. The Labute approximate surface area is 183 Å². The van der Waals surface area contributed by atoms with Gasteiger partial charge in [0.2, 0.25) is 0 Å². The highest BCUT2D eigenvalue weighted by atomic mass is 16.2. The van der Waals surface area contributed by atoms with Crippen LogP contribution in [0.3, 0.4) is 0 Å². The van der Waals surface area contributed by atoms with Crippen LogP contribution in [0, 0.1) is 0 Å². The number of hydrogen-bond acceptors (Lipinski definition) is 4. The van der Waals surface area contributed by atoms with E-state index in [9.17, 15) is 14.4 Å². The van der Waals surface area contributed by atoms with Crippen molar-refractivity contribution >= 4 is 28.3 Å². The molecule has 7 heteroatoms. The molecule has 1 saturated carbocycles. The van der Waals surface area contributed by atoms with E-state index in [1.54, 1.807) is 72.8 Å². The molecule has 0 bridgehead atoms. The molecule has 1 aliphatic rings. The molecule has 0 spiro atoms. The Morgan fingerprint density at radius 1 is 0.812 bits per heavy atom. The number of aromatic nitrogens is 2. The van der Waals surface area contributed by atoms with Crippen molar-refractivity contribution in [3.63, 3.8) is 0 Å². The Morgan fingerprint density at radius 2 is 1.47 bits per heavy atom. The van der Waals surface area contributed by atoms with Gasteiger partial charge in [-0.1, -0.05) is 48.5 Å². The second-order valence-corrected chi connectivity index (χ2v) is 7.69. The highest BCUT2D eigenvalue weighted by Gasteiger charge is 2.25. The van der Waals surface area contributed by atoms with E-state index in [-0.39, 0.29) is 23.2 Å². The number of anilines is 1. The first kappa shape index (κ1) is 19.7. The van der Waals surface area contributed by atoms with Crippen LogP contribution in [0.1, 0.15) is 33.7 Å². The van der Waals surface area contributed by atoms with E-state index in [1.807, 2.05) is 6.07 Å². The molecule has 1 fully saturated rings. The number of carbonyl (C=O) groups is 2. The summed E-state index contributed by atoms with van der Waals surface area (Å²) in [4.78, 5) is 38.9. The maximum atomic E-state index is 13.3. The maximum Gasteiger partial charge on any atom is 0.279 e. The van der Waals surface area contributed by atoms with Crippen molar-refractivity contribution in [3.05, 3.63) is 100 Å². The normalized spacial score (nSPS) is 13.0. The van der Waals surface area contributed by atoms with Crippen molar-refractivity contribution in [2.75, 3.05) is 5.32 Å². The molecule has 0 unspecified atom stereocenters. The van der Waals surface area contributed by atoms with Gasteiger partial charge in [0.05, 0.1) is 22.3 Å². The molecular weight excluding hydrogens is 404 g/mol. The van der Waals surface area contributed by atoms with Gasteiger partial charge in [-0.15, -0.1) is 0 Å². The zero-order valence-corrected chi connectivity index (χ0v) is 17.1. The number of nitrogens with one attached hydrogen (secondary N) is 2. The second kappa shape index (κ2) is 8.11. The maximum absolute atomic E-state index is 13.3. The lowest BCUT2D eigenvalue weighted by atomic mass is 10.1. The highest BCUT2D eigenvalue weighted by Crippen LogP contribution is 2.23. The molecular formula is C25H20N4O3. The first-order valence-corrected chi connectivity index (χ1v) is 10.4. The fourth-order valence-electron chi connectivity index (χ4n) is 3.56. The Hall–Kier alpha value is -4.26. The van der Waals surface area contributed by atoms with Gasteiger partial charge in [-0.3, -0.25) is 14.4 Å². The number of amides is 2. The minimum absolute atomic E-state index is 0.0986. The monoisotopic (exact) mass is 424 g/mol. The number of rotatable bonds is 5. The summed E-state index contributed by atoms with van der Waals surface area (Å²) in [5.41, 5.74) is 1.11. The van der Waals surface area contributed by atoms with E-state index in [2.05, 4.69) is 15.7 Å². The van der Waals surface area contributed by atoms with Crippen LogP contribution in [-0.4, -0.2) is 27.6 Å². The largest absolute Gasteiger partial charge is 0.349 e. The molecule has 158 valence electrons. The Bertz CT molecular complexity index is 1390. The summed E-state index contributed by atoms with van der Waals surface area (Å²) in [5.74, 6) is -0.729. The quantitative estimate of drug-likeness (QED) is 0.513. The van der Waals surface area contributed by atoms with Crippen LogP contribution in [0.5, 0.6) is 0 Å². The van der Waals surface area contributed by atoms with Crippen LogP contribution in [0.4, 0.5) is 5.69 Å². The summed E-state index contributed by atoms with van der Waals surface area (Å²) in [6.07, 6.45) is 1.94. The molecule has 2 amide bonds. The van der Waals surface area contributed by atoms with Crippen LogP contribution in [0.2, 0.25) is 0 Å². The number of benzene rings is 3. The topological polar surface area (TPSA) is 93.1 Å². The third kappa shape index (κ3) is 3.76. The zero-order valence-electron chi connectivity index (χ0n) is 17.1. The van der Waals surface area contributed by atoms with Gasteiger partial charge in [0.25, 0.3) is 17.4 Å². The zero-order chi connectivity index (χ0) is 22.1. The molecule has 3 aromatic carbocycles. The third-order valence-electron chi connectivity index (χ3n) is 5.35. The van der Waals surface area contributed by atoms with E-state index < -0.39 is 5.91 Å². The molecule has 1 aromatic heterocycles. The summed E-state index contributed by atoms with van der Waals surface area (Å²) in [5, 5.41) is 11.0. The summed E-state index contributed by atoms with van der Waals surface area (Å²) in [7, 11) is 0. The van der Waals surface area contributed by atoms with Crippen LogP contribution in [0.25, 0.3) is 16.5 Å². The molecule has 1 aliphatic carbocycles. The fraction of sp³-hybridized carbons (Fsp3) is 0.120. The Morgan fingerprint density at radius 3 is 2.22 bits per heavy atom. The number of fused-ring (bicyclic) bond motifs is 1. The first-order valence-electron chi connectivity index (χ1n) is 10.4. The van der Waals surface area contributed by atoms with Crippen molar-refractivity contribution in [2.24, 2.45) is 0 Å². The molecule has 4 aromatic rings. The molecule has 7 nitrogen and oxygen atoms in total. The fourth-order valence-corrected chi connectivity index (χ4v) is 3.56. The molecule has 0 aliphatic heterocycles. The molecule has 32 heavy (non-hydrogen) atoms. The van der Waals surface area contributed by atoms with Gasteiger partial charge in [0, 0.05) is 11.4 Å². The molecule has 2 N–H and O–H groups in total. The van der Waals surface area contributed by atoms with Crippen molar-refractivity contribution in [2.45, 2.75) is 18.9 Å². The van der Waals surface area contributed by atoms with Gasteiger partial charge in [-0.05, 0) is 43.2 Å². The van der Waals surface area contributed by atoms with Gasteiger partial charge in [0.1, 0.15) is 0 Å². The van der Waals surface area contributed by atoms with E-state index in [1.165, 1.54) is 4.68 Å². The summed E-state index contributed by atoms with van der Waals surface area (Å²) in [6, 6.07) is 22.9. The smallest absolute Gasteiger partial charge is 0.279 e. The Balaban J connectivity index is 1.57. The molecule has 0 saturated heterocycles. The summed E-state index contributed by atoms with van der Waals surface area (Å²) >= 11 is 0. The molecule has 5 rings (SSSR count). The van der Waals surface area contributed by atoms with E-state index >= 15 is 0 Å². The lowest BCUT2D eigenvalue weighted by Crippen LogP contribution is -2.28. The lowest BCUT2D eigenvalue weighted by molar-refractivity contribution is 0.0952. The average Bonchev–Trinajstić information content (AvgIpc) is 3.64. The standard InChI is InChI=1S/C25H20N4O3/c30-23(26-16-14-15-16)20-12-6-7-13-21(20)27-24(31)22-18-10-4-5-11-19(18)25(32)29(28-22)17-8-2-1-3-9-17/h1-13,16H,14-15H2,(H,26,30)(H,27,31). The lowest BCUT2D eigenvalue weighted by Gasteiger charge is -2.13. The van der Waals surface area contributed by atoms with E-state index in [4.69, 9.17) is 0 Å². The predicted molar refractivity (Wildman–Crippen MR) is 122 cm³/mol. The van der Waals surface area contributed by atoms with Crippen molar-refractivity contribution in [1.82, 2.24) is 15.1 Å². The minimum Gasteiger partial charge on any atom is -0.349 e. The summed E-state index contributed by atoms with van der Waals surface area (Å²) in [6.45, 7) is 0. The first-order chi connectivity index (χ1) is 15.6. The second-order valence-electron chi connectivity index (χ2n) is 7.69. The van der Waals surface area contributed by atoms with Gasteiger partial charge in [-0.2, -0.15) is 9.78 Å². The van der Waals surface area contributed by atoms with Gasteiger partial charge in [-0.25, -0.2) is 0 Å². The molecule has 1 heterocycles. The summed E-state index contributed by atoms with van der Waals surface area (Å²) < 4.78 is 1.23. The molecule has 0 atom stereocenters. The van der Waals surface area contributed by atoms with Crippen molar-refractivity contribution in [3.8, 4) is 5.69 Å². The number of para-hydroxylation sites is 2. The van der Waals surface area contributed by atoms with Gasteiger partial charge in [0.15, 0.2) is 5.69 Å². The van der Waals surface area contributed by atoms with Crippen molar-refractivity contribution < 1.29 is 9.59 Å². The molecule has 0 radical (unpaired) electrons. The minimum atomic E-state index is -0.502. The number of nitrogens with zero attached hydrogens (tertiary/aromatic N) is 2. The highest BCUT2D eigenvalue weighted by molar-refractivity contribution is 6.13. The van der Waals surface area contributed by atoms with Crippen LogP contribution in [0.15, 0.2) is 83.7 Å². The number of hydrogen-bond donors (Lipinski definition) is 2. The van der Waals surface area contributed by atoms with Crippen LogP contribution >= 0.6 is 0 Å². The Kier molecular flexibility index (Phi) is 4.99. The van der Waals surface area contributed by atoms with Crippen molar-refractivity contribution in [1.29, 1.82) is 0 Å². The van der Waals surface area contributed by atoms with E-state index in [0.29, 0.717) is 27.7 Å².